The molecule has 13 heteroatoms. The minimum absolute atomic E-state index is 0.0259. The third-order valence-electron chi connectivity index (χ3n) is 8.71. The Morgan fingerprint density at radius 1 is 1.08 bits per heavy atom. The van der Waals surface area contributed by atoms with Crippen LogP contribution in [-0.2, 0) is 39.8 Å². The Kier molecular flexibility index (Phi) is 9.12. The Morgan fingerprint density at radius 2 is 1.90 bits per heavy atom. The predicted octanol–water partition coefficient (Wildman–Crippen LogP) is 6.78. The molecule has 2 aromatic heterocycles. The van der Waals surface area contributed by atoms with Gasteiger partial charge in [-0.2, -0.15) is 5.10 Å². The van der Waals surface area contributed by atoms with Crippen LogP contribution in [0.5, 0.6) is 11.5 Å². The van der Waals surface area contributed by atoms with Crippen LogP contribution in [0, 0.1) is 11.6 Å². The summed E-state index contributed by atoms with van der Waals surface area (Å²) >= 11 is 0. The topological polar surface area (TPSA) is 141 Å². The highest BCUT2D eigenvalue weighted by Gasteiger charge is 2.35. The van der Waals surface area contributed by atoms with Gasteiger partial charge in [-0.1, -0.05) is 24.3 Å². The van der Waals surface area contributed by atoms with E-state index in [1.54, 1.807) is 33.2 Å². The second-order valence-corrected chi connectivity index (χ2v) is 13.0. The zero-order chi connectivity index (χ0) is 34.9. The second-order valence-electron chi connectivity index (χ2n) is 13.0. The molecule has 1 unspecified atom stereocenters. The number of aromatic amines is 1. The highest BCUT2D eigenvalue weighted by atomic mass is 19.1. The molecule has 0 fully saturated rings. The summed E-state index contributed by atoms with van der Waals surface area (Å²) in [7, 11) is 1.66. The van der Waals surface area contributed by atoms with E-state index in [0.717, 1.165) is 11.1 Å². The maximum Gasteiger partial charge on any atom is 0.407 e. The first-order valence-electron chi connectivity index (χ1n) is 15.8. The number of rotatable bonds is 4. The van der Waals surface area contributed by atoms with Gasteiger partial charge < -0.3 is 29.6 Å². The van der Waals surface area contributed by atoms with Gasteiger partial charge in [-0.15, -0.1) is 0 Å². The molecule has 3 aromatic carbocycles. The number of amides is 1. The number of carboxylic acids is 1. The molecule has 1 aliphatic rings. The van der Waals surface area contributed by atoms with Gasteiger partial charge in [0.25, 0.3) is 0 Å². The molecule has 0 saturated heterocycles. The fraction of sp³-hybridized carbons (Fsp3) is 0.333. The van der Waals surface area contributed by atoms with Gasteiger partial charge in [-0.25, -0.2) is 23.2 Å². The van der Waals surface area contributed by atoms with Gasteiger partial charge >= 0.3 is 12.1 Å². The maximum absolute atomic E-state index is 15.6. The van der Waals surface area contributed by atoms with Gasteiger partial charge in [0, 0.05) is 48.8 Å². The van der Waals surface area contributed by atoms with Crippen LogP contribution in [0.25, 0.3) is 22.3 Å². The predicted molar refractivity (Wildman–Crippen MR) is 176 cm³/mol. The molecule has 1 atom stereocenters. The number of alkyl carbamates (subject to hydrolysis) is 1. The van der Waals surface area contributed by atoms with Gasteiger partial charge in [0.2, 0.25) is 0 Å². The number of aromatic nitrogens is 4. The van der Waals surface area contributed by atoms with Gasteiger partial charge in [0.15, 0.2) is 23.2 Å². The number of hydrogen-bond acceptors (Lipinski definition) is 7. The Hall–Kier alpha value is -5.30. The Balaban J connectivity index is 1.46. The normalized spacial score (nSPS) is 18.3. The van der Waals surface area contributed by atoms with E-state index in [1.807, 2.05) is 31.2 Å². The van der Waals surface area contributed by atoms with Crippen molar-refractivity contribution in [3.8, 4) is 22.9 Å². The van der Waals surface area contributed by atoms with E-state index in [4.69, 9.17) is 24.3 Å². The number of carbonyl (C=O) groups excluding carboxylic acids is 1. The van der Waals surface area contributed by atoms with Crippen molar-refractivity contribution in [1.82, 2.24) is 25.1 Å². The summed E-state index contributed by atoms with van der Waals surface area (Å²) < 4.78 is 50.3. The Labute approximate surface area is 281 Å². The van der Waals surface area contributed by atoms with Crippen molar-refractivity contribution in [2.24, 2.45) is 7.05 Å². The largest absolute Gasteiger partial charge is 0.481 e. The SMILES string of the molecule is Cn1nc2nc1-c1cc(ccc1F)Oc1c(F)cc3[nH]ccc3c1COC(=O)NC(C)(C)COCCC2(C)c1cccc(CCC(=O)O)c1. The lowest BCUT2D eigenvalue weighted by Crippen LogP contribution is -2.47. The van der Waals surface area contributed by atoms with E-state index >= 15 is 8.78 Å². The first-order chi connectivity index (χ1) is 23.3. The summed E-state index contributed by atoms with van der Waals surface area (Å²) in [5, 5.41) is 17.4. The standard InChI is InChI=1S/C36H37F2N5O6/c1-35(2)20-47-15-13-36(3,22-7-5-6-21(16-22)8-11-30(44)45)33-40-32(43(4)42-33)25-17-23(9-10-27(25)37)49-31-26(19-48-34(46)41-35)24-12-14-39-29(24)18-28(31)38/h5-7,9-10,12,14,16-18,39H,8,11,13,15,19-20H2,1-4H3,(H,41,46)(H,44,45). The number of nitrogens with zero attached hydrogens (tertiary/aromatic N) is 3. The van der Waals surface area contributed by atoms with Crippen molar-refractivity contribution >= 4 is 23.0 Å². The van der Waals surface area contributed by atoms with Crippen LogP contribution >= 0.6 is 0 Å². The number of ether oxygens (including phenoxy) is 3. The van der Waals surface area contributed by atoms with Crippen molar-refractivity contribution in [2.75, 3.05) is 13.2 Å². The van der Waals surface area contributed by atoms with Crippen LogP contribution in [0.3, 0.4) is 0 Å². The minimum Gasteiger partial charge on any atom is -0.481 e. The lowest BCUT2D eigenvalue weighted by atomic mass is 9.78. The van der Waals surface area contributed by atoms with Crippen molar-refractivity contribution in [1.29, 1.82) is 0 Å². The molecular weight excluding hydrogens is 636 g/mol. The van der Waals surface area contributed by atoms with Gasteiger partial charge in [0.05, 0.1) is 23.1 Å². The van der Waals surface area contributed by atoms with Crippen LogP contribution in [0.2, 0.25) is 0 Å². The molecule has 0 spiro atoms. The quantitative estimate of drug-likeness (QED) is 0.190. The third kappa shape index (κ3) is 7.12. The van der Waals surface area contributed by atoms with Crippen molar-refractivity contribution in [2.45, 2.75) is 57.6 Å². The first kappa shape index (κ1) is 33.6. The molecule has 1 amide bonds. The molecule has 0 saturated carbocycles. The lowest BCUT2D eigenvalue weighted by molar-refractivity contribution is -0.136. The number of carboxylic acid groups (broad SMARTS) is 1. The minimum atomic E-state index is -0.898. The van der Waals surface area contributed by atoms with Gasteiger partial charge in [0.1, 0.15) is 18.2 Å². The molecule has 3 heterocycles. The maximum atomic E-state index is 15.6. The van der Waals surface area contributed by atoms with E-state index in [0.29, 0.717) is 29.6 Å². The number of hydrogen-bond donors (Lipinski definition) is 3. The zero-order valence-corrected chi connectivity index (χ0v) is 27.6. The smallest absolute Gasteiger partial charge is 0.407 e. The van der Waals surface area contributed by atoms with Gasteiger partial charge in [-0.3, -0.25) is 4.79 Å². The van der Waals surface area contributed by atoms with Crippen molar-refractivity contribution < 1.29 is 37.7 Å². The molecule has 11 nitrogen and oxygen atoms in total. The lowest BCUT2D eigenvalue weighted by Gasteiger charge is -2.30. The van der Waals surface area contributed by atoms with Crippen LogP contribution in [0.4, 0.5) is 13.6 Å². The number of benzene rings is 3. The average Bonchev–Trinajstić information content (AvgIpc) is 3.68. The van der Waals surface area contributed by atoms with Crippen LogP contribution < -0.4 is 10.1 Å². The Bertz CT molecular complexity index is 2040. The number of carbonyl (C=O) groups is 2. The number of aryl methyl sites for hydroxylation is 2. The fourth-order valence-corrected chi connectivity index (χ4v) is 5.98. The first-order valence-corrected chi connectivity index (χ1v) is 15.8. The zero-order valence-electron chi connectivity index (χ0n) is 27.6. The van der Waals surface area contributed by atoms with E-state index in [9.17, 15) is 14.7 Å². The molecule has 0 radical (unpaired) electrons. The molecule has 256 valence electrons. The second kappa shape index (κ2) is 13.3. The summed E-state index contributed by atoms with van der Waals surface area (Å²) in [6.45, 7) is 5.58. The van der Waals surface area contributed by atoms with Crippen LogP contribution in [0.1, 0.15) is 56.1 Å². The molecular formula is C36H37F2N5O6. The summed E-state index contributed by atoms with van der Waals surface area (Å²) in [5.74, 6) is -1.64. The molecule has 1 aliphatic heterocycles. The summed E-state index contributed by atoms with van der Waals surface area (Å²) in [5.41, 5.74) is 0.798. The average molecular weight is 674 g/mol. The summed E-state index contributed by atoms with van der Waals surface area (Å²) in [4.78, 5) is 32.1. The molecule has 4 bridgehead atoms. The van der Waals surface area contributed by atoms with Crippen LogP contribution in [0.15, 0.2) is 60.8 Å². The number of H-pyrrole nitrogens is 1. The summed E-state index contributed by atoms with van der Waals surface area (Å²) in [6.07, 6.45) is 1.61. The molecule has 3 N–H and O–H groups in total. The van der Waals surface area contributed by atoms with E-state index < -0.39 is 34.7 Å². The number of fused-ring (bicyclic) bond motifs is 8. The monoisotopic (exact) mass is 673 g/mol. The number of halogens is 2. The number of nitrogens with one attached hydrogen (secondary N) is 2. The molecule has 0 aliphatic carbocycles. The van der Waals surface area contributed by atoms with E-state index in [-0.39, 0.29) is 54.7 Å². The highest BCUT2D eigenvalue weighted by Crippen LogP contribution is 2.39. The highest BCUT2D eigenvalue weighted by molar-refractivity contribution is 5.86. The molecule has 5 aromatic rings. The van der Waals surface area contributed by atoms with E-state index in [1.165, 1.54) is 28.9 Å². The van der Waals surface area contributed by atoms with Crippen molar-refractivity contribution in [3.63, 3.8) is 0 Å². The fourth-order valence-electron chi connectivity index (χ4n) is 5.98. The van der Waals surface area contributed by atoms with Gasteiger partial charge in [-0.05, 0) is 69.0 Å². The molecule has 49 heavy (non-hydrogen) atoms. The Morgan fingerprint density at radius 3 is 2.69 bits per heavy atom. The molecule has 6 rings (SSSR count). The number of aliphatic carboxylic acids is 1. The third-order valence-corrected chi connectivity index (χ3v) is 8.71. The van der Waals surface area contributed by atoms with Crippen molar-refractivity contribution in [3.05, 3.63) is 94.9 Å². The summed E-state index contributed by atoms with van der Waals surface area (Å²) in [6, 6.07) is 14.6. The number of cyclic esters (lactones) is 1. The van der Waals surface area contributed by atoms with E-state index in [2.05, 4.69) is 10.3 Å². The van der Waals surface area contributed by atoms with Crippen LogP contribution in [-0.4, -0.2) is 55.7 Å².